The van der Waals surface area contributed by atoms with Crippen molar-refractivity contribution in [2.75, 3.05) is 0 Å². The van der Waals surface area contributed by atoms with Gasteiger partial charge in [0, 0.05) is 27.6 Å². The molecule has 0 unspecified atom stereocenters. The van der Waals surface area contributed by atoms with Gasteiger partial charge in [-0.15, -0.1) is 0 Å². The molecule has 0 N–H and O–H groups in total. The van der Waals surface area contributed by atoms with Gasteiger partial charge in [-0.1, -0.05) is 110 Å². The van der Waals surface area contributed by atoms with Gasteiger partial charge in [-0.25, -0.2) is 0 Å². The summed E-state index contributed by atoms with van der Waals surface area (Å²) < 4.78 is 9.00. The van der Waals surface area contributed by atoms with Gasteiger partial charge < -0.3 is 9.30 Å². The Bertz CT molecular complexity index is 2580. The van der Waals surface area contributed by atoms with Gasteiger partial charge in [0.05, 0.1) is 11.0 Å². The maximum atomic E-state index is 6.54. The van der Waals surface area contributed by atoms with Gasteiger partial charge in [0.15, 0.2) is 0 Å². The van der Waals surface area contributed by atoms with Crippen LogP contribution in [0.2, 0.25) is 13.1 Å². The second-order valence-corrected chi connectivity index (χ2v) is 17.7. The lowest BCUT2D eigenvalue weighted by molar-refractivity contribution is 0.488. The first-order chi connectivity index (χ1) is 23.1. The molecule has 0 atom stereocenters. The zero-order valence-corrected chi connectivity index (χ0v) is 27.3. The van der Waals surface area contributed by atoms with E-state index in [4.69, 9.17) is 4.74 Å². The Morgan fingerprint density at radius 3 is 1.87 bits per heavy atom. The fourth-order valence-electron chi connectivity index (χ4n) is 8.11. The molecular weight excluding hydrogens is 587 g/mol. The SMILES string of the molecule is C[Si]1(C)c2ccccc2-c2cc3c4cc(-c5ccc6c(c5)-c5ccccc5-c5ccccc5O6)ccc4n(-c4ccccc4)c3cc21. The van der Waals surface area contributed by atoms with Crippen LogP contribution in [0.4, 0.5) is 0 Å². The lowest BCUT2D eigenvalue weighted by Gasteiger charge is -2.19. The molecule has 3 heterocycles. The molecular formula is C44H31NOSi. The molecule has 2 nitrogen and oxygen atoms in total. The standard InChI is InChI=1S/C44H31NOSi/c1-47(2)43-19-11-9-17-34(43)38-26-36-35-24-28(20-22-39(35)45(40(36)27-44(38)47)30-12-4-3-5-13-30)29-21-23-42-37(25-29)32-15-7-6-14-31(32)33-16-8-10-18-41(33)46-42/h3-27H,1-2H3. The third kappa shape index (κ3) is 3.78. The summed E-state index contributed by atoms with van der Waals surface area (Å²) in [6.45, 7) is 4.99. The van der Waals surface area contributed by atoms with E-state index in [-0.39, 0.29) is 0 Å². The minimum absolute atomic E-state index is 0.883. The van der Waals surface area contributed by atoms with Crippen LogP contribution in [-0.4, -0.2) is 12.6 Å². The largest absolute Gasteiger partial charge is 0.456 e. The Hall–Kier alpha value is -5.64. The normalized spacial score (nSPS) is 13.7. The molecule has 2 aliphatic heterocycles. The Kier molecular flexibility index (Phi) is 5.47. The molecule has 0 radical (unpaired) electrons. The fourth-order valence-corrected chi connectivity index (χ4v) is 11.2. The molecule has 0 spiro atoms. The van der Waals surface area contributed by atoms with Crippen LogP contribution in [0.25, 0.3) is 72.0 Å². The molecule has 0 saturated carbocycles. The van der Waals surface area contributed by atoms with Crippen LogP contribution in [0.5, 0.6) is 11.5 Å². The number of para-hydroxylation sites is 2. The topological polar surface area (TPSA) is 14.2 Å². The summed E-state index contributed by atoms with van der Waals surface area (Å²) in [7, 11) is -1.83. The summed E-state index contributed by atoms with van der Waals surface area (Å²) in [5.41, 5.74) is 13.5. The first kappa shape index (κ1) is 26.6. The molecule has 0 amide bonds. The van der Waals surface area contributed by atoms with E-state index in [2.05, 4.69) is 163 Å². The molecule has 7 aromatic carbocycles. The van der Waals surface area contributed by atoms with Gasteiger partial charge in [0.25, 0.3) is 0 Å². The van der Waals surface area contributed by atoms with E-state index < -0.39 is 8.07 Å². The Morgan fingerprint density at radius 1 is 0.426 bits per heavy atom. The van der Waals surface area contributed by atoms with Crippen LogP contribution in [0.15, 0.2) is 152 Å². The highest BCUT2D eigenvalue weighted by Crippen LogP contribution is 2.48. The number of ether oxygens (including phenoxy) is 1. The van der Waals surface area contributed by atoms with Crippen molar-refractivity contribution >= 4 is 40.3 Å². The van der Waals surface area contributed by atoms with Crippen LogP contribution < -0.4 is 15.1 Å². The number of nitrogens with zero attached hydrogens (tertiary/aromatic N) is 1. The van der Waals surface area contributed by atoms with Crippen molar-refractivity contribution < 1.29 is 4.74 Å². The first-order valence-electron chi connectivity index (χ1n) is 16.4. The van der Waals surface area contributed by atoms with Crippen LogP contribution >= 0.6 is 0 Å². The van der Waals surface area contributed by atoms with Crippen molar-refractivity contribution in [3.8, 4) is 61.7 Å². The highest BCUT2D eigenvalue weighted by atomic mass is 28.3. The average molecular weight is 618 g/mol. The van der Waals surface area contributed by atoms with Crippen molar-refractivity contribution in [1.82, 2.24) is 4.57 Å². The summed E-state index contributed by atoms with van der Waals surface area (Å²) in [5, 5.41) is 5.63. The first-order valence-corrected chi connectivity index (χ1v) is 19.4. The van der Waals surface area contributed by atoms with Crippen LogP contribution in [0, 0.1) is 0 Å². The van der Waals surface area contributed by atoms with Crippen molar-refractivity contribution in [2.24, 2.45) is 0 Å². The Labute approximate surface area is 275 Å². The van der Waals surface area contributed by atoms with E-state index in [0.717, 1.165) is 22.6 Å². The second-order valence-electron chi connectivity index (χ2n) is 13.3. The van der Waals surface area contributed by atoms with E-state index in [0.29, 0.717) is 0 Å². The second kappa shape index (κ2) is 9.68. The highest BCUT2D eigenvalue weighted by molar-refractivity contribution is 7.04. The summed E-state index contributed by atoms with van der Waals surface area (Å²) in [6, 6.07) is 55.5. The number of rotatable bonds is 2. The van der Waals surface area contributed by atoms with Crippen LogP contribution in [0.1, 0.15) is 0 Å². The fraction of sp³-hybridized carbons (Fsp3) is 0.0455. The molecule has 0 bridgehead atoms. The molecule has 3 heteroatoms. The Balaban J connectivity index is 1.21. The molecule has 222 valence electrons. The van der Waals surface area contributed by atoms with Gasteiger partial charge in [-0.2, -0.15) is 0 Å². The number of fused-ring (bicyclic) bond motifs is 11. The monoisotopic (exact) mass is 617 g/mol. The zero-order valence-electron chi connectivity index (χ0n) is 26.3. The maximum Gasteiger partial charge on any atom is 0.135 e. The van der Waals surface area contributed by atoms with E-state index in [9.17, 15) is 0 Å². The van der Waals surface area contributed by atoms with E-state index >= 15 is 0 Å². The zero-order chi connectivity index (χ0) is 31.3. The predicted molar refractivity (Wildman–Crippen MR) is 199 cm³/mol. The third-order valence-corrected chi connectivity index (χ3v) is 14.0. The van der Waals surface area contributed by atoms with E-state index in [1.54, 1.807) is 0 Å². The predicted octanol–water partition coefficient (Wildman–Crippen LogP) is 10.7. The van der Waals surface area contributed by atoms with Crippen molar-refractivity contribution in [3.63, 3.8) is 0 Å². The minimum Gasteiger partial charge on any atom is -0.456 e. The van der Waals surface area contributed by atoms with Crippen molar-refractivity contribution in [2.45, 2.75) is 13.1 Å². The number of hydrogen-bond acceptors (Lipinski definition) is 1. The summed E-state index contributed by atoms with van der Waals surface area (Å²) in [4.78, 5) is 0. The van der Waals surface area contributed by atoms with E-state index in [1.807, 2.05) is 6.07 Å². The Morgan fingerprint density at radius 2 is 1.04 bits per heavy atom. The number of benzene rings is 7. The number of aromatic nitrogens is 1. The van der Waals surface area contributed by atoms with Gasteiger partial charge in [-0.05, 0) is 98.4 Å². The lowest BCUT2D eigenvalue weighted by atomic mass is 9.92. The molecule has 1 aromatic heterocycles. The third-order valence-electron chi connectivity index (χ3n) is 10.4. The number of hydrogen-bond donors (Lipinski definition) is 0. The highest BCUT2D eigenvalue weighted by Gasteiger charge is 2.38. The lowest BCUT2D eigenvalue weighted by Crippen LogP contribution is -2.49. The molecule has 10 rings (SSSR count). The van der Waals surface area contributed by atoms with Gasteiger partial charge in [-0.3, -0.25) is 0 Å². The van der Waals surface area contributed by atoms with Crippen molar-refractivity contribution in [1.29, 1.82) is 0 Å². The van der Waals surface area contributed by atoms with Gasteiger partial charge in [0.1, 0.15) is 19.6 Å². The maximum absolute atomic E-state index is 6.54. The van der Waals surface area contributed by atoms with Crippen LogP contribution in [0.3, 0.4) is 0 Å². The summed E-state index contributed by atoms with van der Waals surface area (Å²) in [6.07, 6.45) is 0. The minimum atomic E-state index is -1.83. The average Bonchev–Trinajstić information content (AvgIpc) is 3.49. The molecule has 8 aromatic rings. The van der Waals surface area contributed by atoms with Crippen LogP contribution in [-0.2, 0) is 0 Å². The molecule has 0 saturated heterocycles. The van der Waals surface area contributed by atoms with Gasteiger partial charge >= 0.3 is 0 Å². The quantitative estimate of drug-likeness (QED) is 0.176. The van der Waals surface area contributed by atoms with E-state index in [1.165, 1.54) is 71.2 Å². The molecule has 0 aliphatic carbocycles. The summed E-state index contributed by atoms with van der Waals surface area (Å²) >= 11 is 0. The van der Waals surface area contributed by atoms with Gasteiger partial charge in [0.2, 0.25) is 0 Å². The summed E-state index contributed by atoms with van der Waals surface area (Å²) in [5.74, 6) is 1.77. The smallest absolute Gasteiger partial charge is 0.135 e. The molecule has 0 fully saturated rings. The molecule has 47 heavy (non-hydrogen) atoms. The van der Waals surface area contributed by atoms with Crippen molar-refractivity contribution in [3.05, 3.63) is 152 Å². The molecule has 2 aliphatic rings.